The lowest BCUT2D eigenvalue weighted by atomic mass is 10.0. The van der Waals surface area contributed by atoms with E-state index in [0.717, 1.165) is 31.0 Å². The molecule has 0 bridgehead atoms. The Labute approximate surface area is 130 Å². The lowest BCUT2D eigenvalue weighted by Gasteiger charge is -2.34. The van der Waals surface area contributed by atoms with Gasteiger partial charge in [0.05, 0.1) is 12.0 Å². The Balaban J connectivity index is 1.69. The van der Waals surface area contributed by atoms with Crippen molar-refractivity contribution in [2.45, 2.75) is 39.2 Å². The minimum atomic E-state index is -0.185. The van der Waals surface area contributed by atoms with Crippen molar-refractivity contribution in [3.63, 3.8) is 0 Å². The maximum Gasteiger partial charge on any atom is 0.228 e. The highest BCUT2D eigenvalue weighted by atomic mass is 16.2. The fraction of sp³-hybridized carbons (Fsp3) is 0.733. The minimum Gasteiger partial charge on any atom is -0.345 e. The van der Waals surface area contributed by atoms with Crippen molar-refractivity contribution in [1.29, 1.82) is 0 Å². The topological polar surface area (TPSA) is 71.3 Å². The van der Waals surface area contributed by atoms with Crippen molar-refractivity contribution >= 4 is 11.8 Å². The van der Waals surface area contributed by atoms with Crippen LogP contribution in [0.25, 0.3) is 0 Å². The molecule has 7 heteroatoms. The number of rotatable bonds is 2. The molecule has 0 unspecified atom stereocenters. The average Bonchev–Trinajstić information content (AvgIpc) is 3.00. The van der Waals surface area contributed by atoms with Gasteiger partial charge in [-0.15, -0.1) is 0 Å². The third kappa shape index (κ3) is 2.71. The number of hydrogen-bond acceptors (Lipinski definition) is 4. The summed E-state index contributed by atoms with van der Waals surface area (Å²) in [7, 11) is 1.76. The summed E-state index contributed by atoms with van der Waals surface area (Å²) in [6.07, 6.45) is 2.32. The van der Waals surface area contributed by atoms with Gasteiger partial charge in [0, 0.05) is 33.1 Å². The van der Waals surface area contributed by atoms with Crippen molar-refractivity contribution in [3.05, 3.63) is 11.6 Å². The van der Waals surface area contributed by atoms with Crippen LogP contribution in [0.15, 0.2) is 0 Å². The lowest BCUT2D eigenvalue weighted by Crippen LogP contribution is -2.44. The number of hydrogen-bond donors (Lipinski definition) is 0. The van der Waals surface area contributed by atoms with Gasteiger partial charge in [-0.3, -0.25) is 9.59 Å². The standard InChI is InChI=1S/C15H23N5O2/c1-10-16-11(2)20(17-10)13-5-4-6-19(9-13)15(22)12-7-14(21)18(3)8-12/h12-13H,4-9H2,1-3H3/t12-,13-/m1/s1. The fourth-order valence-corrected chi connectivity index (χ4v) is 3.52. The highest BCUT2D eigenvalue weighted by molar-refractivity contribution is 5.89. The summed E-state index contributed by atoms with van der Waals surface area (Å²) in [4.78, 5) is 32.2. The van der Waals surface area contributed by atoms with Crippen molar-refractivity contribution < 1.29 is 9.59 Å². The summed E-state index contributed by atoms with van der Waals surface area (Å²) in [6, 6.07) is 0.189. The molecule has 0 saturated carbocycles. The Kier molecular flexibility index (Phi) is 3.88. The highest BCUT2D eigenvalue weighted by Gasteiger charge is 2.36. The molecule has 3 heterocycles. The molecule has 2 fully saturated rings. The first-order chi connectivity index (χ1) is 10.5. The molecule has 0 spiro atoms. The number of aromatic nitrogens is 3. The smallest absolute Gasteiger partial charge is 0.228 e. The van der Waals surface area contributed by atoms with E-state index in [1.165, 1.54) is 0 Å². The fourth-order valence-electron chi connectivity index (χ4n) is 3.52. The molecule has 0 aromatic carbocycles. The van der Waals surface area contributed by atoms with E-state index >= 15 is 0 Å². The van der Waals surface area contributed by atoms with Crippen molar-refractivity contribution in [2.24, 2.45) is 5.92 Å². The van der Waals surface area contributed by atoms with Gasteiger partial charge in [0.15, 0.2) is 0 Å². The van der Waals surface area contributed by atoms with Gasteiger partial charge in [-0.2, -0.15) is 5.10 Å². The number of piperidine rings is 1. The third-order valence-electron chi connectivity index (χ3n) is 4.65. The van der Waals surface area contributed by atoms with Crippen LogP contribution in [0.4, 0.5) is 0 Å². The van der Waals surface area contributed by atoms with Crippen LogP contribution in [0.1, 0.15) is 37.0 Å². The number of amides is 2. The van der Waals surface area contributed by atoms with E-state index in [1.54, 1.807) is 11.9 Å². The minimum absolute atomic E-state index is 0.0645. The zero-order valence-corrected chi connectivity index (χ0v) is 13.4. The van der Waals surface area contributed by atoms with Gasteiger partial charge < -0.3 is 9.80 Å². The van der Waals surface area contributed by atoms with Gasteiger partial charge >= 0.3 is 0 Å². The van der Waals surface area contributed by atoms with Gasteiger partial charge in [0.25, 0.3) is 0 Å². The number of aryl methyl sites for hydroxylation is 2. The quantitative estimate of drug-likeness (QED) is 0.799. The molecule has 22 heavy (non-hydrogen) atoms. The average molecular weight is 305 g/mol. The maximum atomic E-state index is 12.7. The second kappa shape index (κ2) is 5.70. The van der Waals surface area contributed by atoms with E-state index in [-0.39, 0.29) is 23.8 Å². The molecule has 2 amide bonds. The summed E-state index contributed by atoms with van der Waals surface area (Å²) < 4.78 is 1.95. The molecular weight excluding hydrogens is 282 g/mol. The van der Waals surface area contributed by atoms with Crippen LogP contribution >= 0.6 is 0 Å². The zero-order valence-electron chi connectivity index (χ0n) is 13.4. The molecule has 1 aromatic heterocycles. The van der Waals surface area contributed by atoms with Gasteiger partial charge in [0.2, 0.25) is 11.8 Å². The van der Waals surface area contributed by atoms with E-state index in [1.807, 2.05) is 23.4 Å². The number of carbonyl (C=O) groups is 2. The molecule has 7 nitrogen and oxygen atoms in total. The molecule has 2 aliphatic heterocycles. The Morgan fingerprint density at radius 1 is 1.27 bits per heavy atom. The first-order valence-electron chi connectivity index (χ1n) is 7.88. The van der Waals surface area contributed by atoms with Gasteiger partial charge in [-0.1, -0.05) is 0 Å². The van der Waals surface area contributed by atoms with Crippen molar-refractivity contribution in [3.8, 4) is 0 Å². The number of carbonyl (C=O) groups excluding carboxylic acids is 2. The van der Waals surface area contributed by atoms with Crippen LogP contribution < -0.4 is 0 Å². The van der Waals surface area contributed by atoms with Crippen LogP contribution in [0, 0.1) is 19.8 Å². The molecule has 3 rings (SSSR count). The zero-order chi connectivity index (χ0) is 15.9. The largest absolute Gasteiger partial charge is 0.345 e. The maximum absolute atomic E-state index is 12.7. The van der Waals surface area contributed by atoms with E-state index in [0.29, 0.717) is 19.5 Å². The molecule has 2 saturated heterocycles. The second-order valence-electron chi connectivity index (χ2n) is 6.41. The van der Waals surface area contributed by atoms with Crippen LogP contribution in [0.3, 0.4) is 0 Å². The summed E-state index contributed by atoms with van der Waals surface area (Å²) in [5, 5.41) is 4.45. The van der Waals surface area contributed by atoms with Crippen LogP contribution in [0.5, 0.6) is 0 Å². The molecule has 1 aromatic rings. The molecule has 0 N–H and O–H groups in total. The first-order valence-corrected chi connectivity index (χ1v) is 7.88. The van der Waals surface area contributed by atoms with Crippen LogP contribution in [0.2, 0.25) is 0 Å². The molecular formula is C15H23N5O2. The van der Waals surface area contributed by atoms with Gasteiger partial charge in [-0.25, -0.2) is 9.67 Å². The Bertz CT molecular complexity index is 597. The predicted octanol–water partition coefficient (Wildman–Crippen LogP) is 0.537. The number of likely N-dealkylation sites (tertiary alicyclic amines) is 2. The lowest BCUT2D eigenvalue weighted by molar-refractivity contribution is -0.137. The molecule has 2 aliphatic rings. The highest BCUT2D eigenvalue weighted by Crippen LogP contribution is 2.25. The Morgan fingerprint density at radius 2 is 2.05 bits per heavy atom. The van der Waals surface area contributed by atoms with Gasteiger partial charge in [0.1, 0.15) is 11.6 Å². The first kappa shape index (κ1) is 15.0. The summed E-state index contributed by atoms with van der Waals surface area (Å²) >= 11 is 0. The Morgan fingerprint density at radius 3 is 2.64 bits per heavy atom. The van der Waals surface area contributed by atoms with Crippen molar-refractivity contribution in [1.82, 2.24) is 24.6 Å². The van der Waals surface area contributed by atoms with Crippen LogP contribution in [-0.2, 0) is 9.59 Å². The number of nitrogens with zero attached hydrogens (tertiary/aromatic N) is 5. The molecule has 0 aliphatic carbocycles. The third-order valence-corrected chi connectivity index (χ3v) is 4.65. The molecule has 120 valence electrons. The molecule has 0 radical (unpaired) electrons. The van der Waals surface area contributed by atoms with E-state index < -0.39 is 0 Å². The van der Waals surface area contributed by atoms with Crippen LogP contribution in [-0.4, -0.2) is 63.1 Å². The summed E-state index contributed by atoms with van der Waals surface area (Å²) in [5.74, 6) is 1.65. The predicted molar refractivity (Wildman–Crippen MR) is 80.1 cm³/mol. The summed E-state index contributed by atoms with van der Waals surface area (Å²) in [6.45, 7) is 5.81. The monoisotopic (exact) mass is 305 g/mol. The Hall–Kier alpha value is -1.92. The van der Waals surface area contributed by atoms with E-state index in [2.05, 4.69) is 10.1 Å². The summed E-state index contributed by atoms with van der Waals surface area (Å²) in [5.41, 5.74) is 0. The SMILES string of the molecule is Cc1nc(C)n([C@@H]2CCCN(C(=O)[C@@H]3CC(=O)N(C)C3)C2)n1. The van der Waals surface area contributed by atoms with Crippen molar-refractivity contribution in [2.75, 3.05) is 26.7 Å². The van der Waals surface area contributed by atoms with E-state index in [4.69, 9.17) is 0 Å². The normalized spacial score (nSPS) is 25.9. The van der Waals surface area contributed by atoms with Gasteiger partial charge in [-0.05, 0) is 26.7 Å². The molecule has 2 atom stereocenters. The van der Waals surface area contributed by atoms with E-state index in [9.17, 15) is 9.59 Å². The second-order valence-corrected chi connectivity index (χ2v) is 6.41.